The molecule has 20 heavy (non-hydrogen) atoms. The summed E-state index contributed by atoms with van der Waals surface area (Å²) >= 11 is 0. The molecule has 0 bridgehead atoms. The van der Waals surface area contributed by atoms with Gasteiger partial charge >= 0.3 is 0 Å². The zero-order valence-corrected chi connectivity index (χ0v) is 14.8. The summed E-state index contributed by atoms with van der Waals surface area (Å²) in [5.41, 5.74) is 0. The van der Waals surface area contributed by atoms with Gasteiger partial charge in [0.1, 0.15) is 12.2 Å². The van der Waals surface area contributed by atoms with Crippen LogP contribution in [-0.4, -0.2) is 62.3 Å². The van der Waals surface area contributed by atoms with E-state index in [2.05, 4.69) is 65.4 Å². The van der Waals surface area contributed by atoms with Crippen LogP contribution in [0.15, 0.2) is 0 Å². The summed E-state index contributed by atoms with van der Waals surface area (Å²) in [6.45, 7) is 16.9. The smallest absolute Gasteiger partial charge is 0.108 e. The minimum atomic E-state index is 0.119. The van der Waals surface area contributed by atoms with Gasteiger partial charge in [0.15, 0.2) is 0 Å². The molecule has 122 valence electrons. The molecule has 0 spiro atoms. The molecular weight excluding hydrogens is 252 g/mol. The quantitative estimate of drug-likeness (QED) is 0.431. The summed E-state index contributed by atoms with van der Waals surface area (Å²) in [6, 6.07) is 0. The second-order valence-electron chi connectivity index (χ2n) is 6.47. The molecule has 0 rings (SSSR count). The predicted octanol–water partition coefficient (Wildman–Crippen LogP) is 2.89. The SMILES string of the molecule is CCN(C)CC(OOC(CN(C)CC)C(C)C)C(C)C. The summed E-state index contributed by atoms with van der Waals surface area (Å²) in [4.78, 5) is 16.1. The zero-order valence-electron chi connectivity index (χ0n) is 14.8. The normalized spacial score (nSPS) is 15.6. The van der Waals surface area contributed by atoms with Crippen LogP contribution in [0.4, 0.5) is 0 Å². The van der Waals surface area contributed by atoms with Crippen molar-refractivity contribution in [1.29, 1.82) is 0 Å². The van der Waals surface area contributed by atoms with Crippen LogP contribution in [0, 0.1) is 11.8 Å². The third-order valence-electron chi connectivity index (χ3n) is 3.85. The van der Waals surface area contributed by atoms with Crippen molar-refractivity contribution in [3.63, 3.8) is 0 Å². The van der Waals surface area contributed by atoms with Crippen LogP contribution in [0.25, 0.3) is 0 Å². The molecule has 0 heterocycles. The maximum atomic E-state index is 5.78. The molecule has 0 aromatic heterocycles. The number of rotatable bonds is 11. The highest BCUT2D eigenvalue weighted by molar-refractivity contribution is 4.68. The van der Waals surface area contributed by atoms with Gasteiger partial charge in [-0.1, -0.05) is 41.5 Å². The molecule has 2 atom stereocenters. The Morgan fingerprint density at radius 1 is 0.700 bits per heavy atom. The topological polar surface area (TPSA) is 24.9 Å². The maximum absolute atomic E-state index is 5.78. The van der Waals surface area contributed by atoms with Crippen molar-refractivity contribution in [2.45, 2.75) is 53.8 Å². The van der Waals surface area contributed by atoms with Gasteiger partial charge in [0.2, 0.25) is 0 Å². The van der Waals surface area contributed by atoms with Crippen LogP contribution in [0.3, 0.4) is 0 Å². The minimum absolute atomic E-state index is 0.119. The van der Waals surface area contributed by atoms with E-state index in [4.69, 9.17) is 9.78 Å². The molecule has 0 saturated carbocycles. The lowest BCUT2D eigenvalue weighted by Gasteiger charge is -2.30. The third-order valence-corrected chi connectivity index (χ3v) is 3.85. The molecule has 0 aliphatic carbocycles. The fourth-order valence-corrected chi connectivity index (χ4v) is 1.72. The van der Waals surface area contributed by atoms with Crippen LogP contribution in [0.5, 0.6) is 0 Å². The molecule has 0 aromatic rings. The molecule has 0 radical (unpaired) electrons. The molecule has 0 amide bonds. The third kappa shape index (κ3) is 8.20. The summed E-state index contributed by atoms with van der Waals surface area (Å²) in [6.07, 6.45) is 0.237. The highest BCUT2D eigenvalue weighted by Crippen LogP contribution is 2.14. The minimum Gasteiger partial charge on any atom is -0.304 e. The van der Waals surface area contributed by atoms with E-state index in [0.717, 1.165) is 26.2 Å². The molecule has 0 aromatic carbocycles. The van der Waals surface area contributed by atoms with Crippen molar-refractivity contribution in [1.82, 2.24) is 9.80 Å². The largest absolute Gasteiger partial charge is 0.304 e. The Morgan fingerprint density at radius 2 is 1.00 bits per heavy atom. The van der Waals surface area contributed by atoms with Crippen LogP contribution >= 0.6 is 0 Å². The molecule has 4 heteroatoms. The van der Waals surface area contributed by atoms with Gasteiger partial charge < -0.3 is 9.80 Å². The van der Waals surface area contributed by atoms with Crippen molar-refractivity contribution < 1.29 is 9.78 Å². The molecular formula is C16H36N2O2. The Bertz CT molecular complexity index is 211. The monoisotopic (exact) mass is 288 g/mol. The first-order valence-electron chi connectivity index (χ1n) is 8.00. The summed E-state index contributed by atoms with van der Waals surface area (Å²) in [5.74, 6) is 0.890. The Hall–Kier alpha value is -0.160. The van der Waals surface area contributed by atoms with E-state index < -0.39 is 0 Å². The number of hydrogen-bond donors (Lipinski definition) is 0. The molecule has 0 saturated heterocycles. The van der Waals surface area contributed by atoms with Gasteiger partial charge in [-0.3, -0.25) is 0 Å². The molecule has 0 fully saturated rings. The molecule has 2 unspecified atom stereocenters. The van der Waals surface area contributed by atoms with Gasteiger partial charge in [-0.05, 0) is 39.0 Å². The second kappa shape index (κ2) is 10.6. The van der Waals surface area contributed by atoms with E-state index in [-0.39, 0.29) is 12.2 Å². The van der Waals surface area contributed by atoms with E-state index in [1.165, 1.54) is 0 Å². The number of likely N-dealkylation sites (N-methyl/N-ethyl adjacent to an activating group) is 2. The van der Waals surface area contributed by atoms with E-state index in [9.17, 15) is 0 Å². The van der Waals surface area contributed by atoms with Gasteiger partial charge in [0, 0.05) is 13.1 Å². The van der Waals surface area contributed by atoms with Crippen LogP contribution in [0.2, 0.25) is 0 Å². The Kier molecular flexibility index (Phi) is 10.5. The van der Waals surface area contributed by atoms with E-state index in [1.807, 2.05) is 0 Å². The number of hydrogen-bond acceptors (Lipinski definition) is 4. The lowest BCUT2D eigenvalue weighted by atomic mass is 10.1. The van der Waals surface area contributed by atoms with Crippen molar-refractivity contribution in [3.05, 3.63) is 0 Å². The van der Waals surface area contributed by atoms with E-state index >= 15 is 0 Å². The first-order valence-corrected chi connectivity index (χ1v) is 8.00. The second-order valence-corrected chi connectivity index (χ2v) is 6.47. The summed E-state index contributed by atoms with van der Waals surface area (Å²) in [7, 11) is 4.23. The maximum Gasteiger partial charge on any atom is 0.108 e. The molecule has 0 aliphatic heterocycles. The summed E-state index contributed by atoms with van der Waals surface area (Å²) < 4.78 is 0. The molecule has 0 N–H and O–H groups in total. The Morgan fingerprint density at radius 3 is 1.20 bits per heavy atom. The van der Waals surface area contributed by atoms with Crippen LogP contribution < -0.4 is 0 Å². The highest BCUT2D eigenvalue weighted by atomic mass is 17.2. The van der Waals surface area contributed by atoms with E-state index in [0.29, 0.717) is 11.8 Å². The first-order chi connectivity index (χ1) is 9.31. The number of nitrogens with zero attached hydrogens (tertiary/aromatic N) is 2. The van der Waals surface area contributed by atoms with Crippen LogP contribution in [0.1, 0.15) is 41.5 Å². The van der Waals surface area contributed by atoms with Crippen molar-refractivity contribution in [3.8, 4) is 0 Å². The average Bonchev–Trinajstić information content (AvgIpc) is 2.40. The fourth-order valence-electron chi connectivity index (χ4n) is 1.72. The van der Waals surface area contributed by atoms with Gasteiger partial charge in [0.05, 0.1) is 0 Å². The van der Waals surface area contributed by atoms with Crippen molar-refractivity contribution in [2.75, 3.05) is 40.3 Å². The first kappa shape index (κ1) is 19.8. The molecule has 0 aliphatic rings. The zero-order chi connectivity index (χ0) is 15.7. The predicted molar refractivity (Wildman–Crippen MR) is 85.8 cm³/mol. The van der Waals surface area contributed by atoms with Gasteiger partial charge in [-0.2, -0.15) is 0 Å². The Balaban J connectivity index is 4.39. The lowest BCUT2D eigenvalue weighted by molar-refractivity contribution is -0.366. The lowest BCUT2D eigenvalue weighted by Crippen LogP contribution is -2.39. The van der Waals surface area contributed by atoms with Crippen molar-refractivity contribution in [2.24, 2.45) is 11.8 Å². The average molecular weight is 288 g/mol. The Labute approximate surface area is 126 Å². The standard InChI is InChI=1S/C16H36N2O2/c1-9-17(7)11-15(13(3)4)19-20-16(14(5)6)12-18(8)10-2/h13-16H,9-12H2,1-8H3. The van der Waals surface area contributed by atoms with Crippen LogP contribution in [-0.2, 0) is 9.78 Å². The van der Waals surface area contributed by atoms with Gasteiger partial charge in [-0.15, -0.1) is 0 Å². The highest BCUT2D eigenvalue weighted by Gasteiger charge is 2.22. The van der Waals surface area contributed by atoms with Gasteiger partial charge in [-0.25, -0.2) is 9.78 Å². The van der Waals surface area contributed by atoms with Gasteiger partial charge in [0.25, 0.3) is 0 Å². The van der Waals surface area contributed by atoms with Crippen molar-refractivity contribution >= 4 is 0 Å². The summed E-state index contributed by atoms with van der Waals surface area (Å²) in [5, 5.41) is 0. The molecule has 4 nitrogen and oxygen atoms in total. The fraction of sp³-hybridized carbons (Fsp3) is 1.00. The van der Waals surface area contributed by atoms with E-state index in [1.54, 1.807) is 0 Å².